The third-order valence-corrected chi connectivity index (χ3v) is 2.50. The van der Waals surface area contributed by atoms with E-state index in [4.69, 9.17) is 0 Å². The van der Waals surface area contributed by atoms with Crippen molar-refractivity contribution in [3.05, 3.63) is 34.9 Å². The molecule has 1 aliphatic rings. The van der Waals surface area contributed by atoms with Gasteiger partial charge in [-0.25, -0.2) is 8.78 Å². The maximum atomic E-state index is 13.3. The minimum atomic E-state index is -0.716. The predicted molar refractivity (Wildman–Crippen MR) is 46.5 cm³/mol. The second-order valence-electron chi connectivity index (χ2n) is 3.40. The molecule has 0 unspecified atom stereocenters. The molecule has 1 saturated heterocycles. The fourth-order valence-corrected chi connectivity index (χ4v) is 1.48. The summed E-state index contributed by atoms with van der Waals surface area (Å²) in [5.41, 5.74) is 0.815. The highest BCUT2D eigenvalue weighted by atomic mass is 19.2. The molecule has 1 aliphatic heterocycles. The van der Waals surface area contributed by atoms with Crippen molar-refractivity contribution in [3.8, 4) is 0 Å². The summed E-state index contributed by atoms with van der Waals surface area (Å²) in [5, 5.41) is 3.04. The first-order valence-electron chi connectivity index (χ1n) is 4.38. The first-order valence-corrected chi connectivity index (χ1v) is 4.38. The molecular weight excluding hydrogens is 172 g/mol. The molecule has 13 heavy (non-hydrogen) atoms. The summed E-state index contributed by atoms with van der Waals surface area (Å²) >= 11 is 0. The van der Waals surface area contributed by atoms with Gasteiger partial charge >= 0.3 is 0 Å². The fourth-order valence-electron chi connectivity index (χ4n) is 1.48. The van der Waals surface area contributed by atoms with E-state index in [2.05, 4.69) is 5.32 Å². The Kier molecular flexibility index (Phi) is 2.04. The summed E-state index contributed by atoms with van der Waals surface area (Å²) in [4.78, 5) is 0. The number of hydrogen-bond acceptors (Lipinski definition) is 1. The number of rotatable bonds is 1. The molecule has 0 aromatic heterocycles. The molecule has 0 saturated carbocycles. The smallest absolute Gasteiger partial charge is 0.163 e. The van der Waals surface area contributed by atoms with Crippen LogP contribution in [0.1, 0.15) is 23.6 Å². The normalized spacial score (nSPS) is 21.3. The van der Waals surface area contributed by atoms with Gasteiger partial charge in [-0.2, -0.15) is 0 Å². The van der Waals surface area contributed by atoms with Crippen LogP contribution in [-0.2, 0) is 0 Å². The van der Waals surface area contributed by atoms with E-state index in [1.807, 2.05) is 0 Å². The molecule has 1 N–H and O–H groups in total. The van der Waals surface area contributed by atoms with E-state index < -0.39 is 11.6 Å². The number of aryl methyl sites for hydroxylation is 1. The summed E-state index contributed by atoms with van der Waals surface area (Å²) < 4.78 is 26.4. The molecule has 1 aromatic carbocycles. The van der Waals surface area contributed by atoms with Crippen LogP contribution in [0.15, 0.2) is 12.1 Å². The summed E-state index contributed by atoms with van der Waals surface area (Å²) in [5.74, 6) is -1.41. The Morgan fingerprint density at radius 2 is 2.00 bits per heavy atom. The Morgan fingerprint density at radius 1 is 1.31 bits per heavy atom. The van der Waals surface area contributed by atoms with Crippen molar-refractivity contribution in [1.82, 2.24) is 5.32 Å². The van der Waals surface area contributed by atoms with Gasteiger partial charge < -0.3 is 5.32 Å². The molecule has 0 radical (unpaired) electrons. The first-order chi connectivity index (χ1) is 6.20. The molecule has 0 aliphatic carbocycles. The second-order valence-corrected chi connectivity index (χ2v) is 3.40. The molecule has 0 spiro atoms. The van der Waals surface area contributed by atoms with Gasteiger partial charge in [-0.1, -0.05) is 12.1 Å². The molecule has 3 heteroatoms. The van der Waals surface area contributed by atoms with Gasteiger partial charge in [0.25, 0.3) is 0 Å². The van der Waals surface area contributed by atoms with E-state index in [0.717, 1.165) is 13.0 Å². The lowest BCUT2D eigenvalue weighted by molar-refractivity contribution is 0.362. The number of hydrogen-bond donors (Lipinski definition) is 1. The third-order valence-electron chi connectivity index (χ3n) is 2.50. The largest absolute Gasteiger partial charge is 0.310 e. The van der Waals surface area contributed by atoms with E-state index in [0.29, 0.717) is 11.1 Å². The standard InChI is InChI=1S/C10H11F2N/c1-6-2-3-7(8-4-5-13-8)10(12)9(6)11/h2-3,8,13H,4-5H2,1H3/t8-/m0/s1. The SMILES string of the molecule is Cc1ccc([C@@H]2CCN2)c(F)c1F. The summed E-state index contributed by atoms with van der Waals surface area (Å²) in [6, 6.07) is 3.29. The van der Waals surface area contributed by atoms with Gasteiger partial charge in [-0.15, -0.1) is 0 Å². The second kappa shape index (κ2) is 3.07. The average Bonchev–Trinajstić information content (AvgIpc) is 2.03. The van der Waals surface area contributed by atoms with Crippen LogP contribution < -0.4 is 5.32 Å². The highest BCUT2D eigenvalue weighted by Gasteiger charge is 2.23. The lowest BCUT2D eigenvalue weighted by atomic mass is 9.96. The minimum absolute atomic E-state index is 0.00935. The zero-order chi connectivity index (χ0) is 9.42. The Morgan fingerprint density at radius 3 is 2.54 bits per heavy atom. The number of nitrogens with one attached hydrogen (secondary N) is 1. The first kappa shape index (κ1) is 8.63. The highest BCUT2D eigenvalue weighted by molar-refractivity contribution is 5.28. The van der Waals surface area contributed by atoms with Crippen molar-refractivity contribution >= 4 is 0 Å². The fraction of sp³-hybridized carbons (Fsp3) is 0.400. The number of halogens is 2. The molecule has 1 nitrogen and oxygen atoms in total. The van der Waals surface area contributed by atoms with E-state index in [1.54, 1.807) is 19.1 Å². The van der Waals surface area contributed by atoms with Gasteiger partial charge in [0, 0.05) is 11.6 Å². The van der Waals surface area contributed by atoms with Gasteiger partial charge in [-0.3, -0.25) is 0 Å². The van der Waals surface area contributed by atoms with Crippen molar-refractivity contribution < 1.29 is 8.78 Å². The molecule has 1 fully saturated rings. The lowest BCUT2D eigenvalue weighted by Crippen LogP contribution is -2.35. The summed E-state index contributed by atoms with van der Waals surface area (Å²) in [7, 11) is 0. The van der Waals surface area contributed by atoms with Crippen LogP contribution in [0, 0.1) is 18.6 Å². The Hall–Kier alpha value is -0.960. The number of benzene rings is 1. The summed E-state index contributed by atoms with van der Waals surface area (Å²) in [6.45, 7) is 2.45. The maximum absolute atomic E-state index is 13.3. The van der Waals surface area contributed by atoms with Gasteiger partial charge in [0.15, 0.2) is 11.6 Å². The third kappa shape index (κ3) is 1.33. The van der Waals surface area contributed by atoms with E-state index in [1.165, 1.54) is 0 Å². The van der Waals surface area contributed by atoms with E-state index in [-0.39, 0.29) is 6.04 Å². The lowest BCUT2D eigenvalue weighted by Gasteiger charge is -2.28. The minimum Gasteiger partial charge on any atom is -0.310 e. The Balaban J connectivity index is 2.41. The molecule has 0 bridgehead atoms. The van der Waals surface area contributed by atoms with Crippen LogP contribution in [0.25, 0.3) is 0 Å². The quantitative estimate of drug-likeness (QED) is 0.704. The van der Waals surface area contributed by atoms with Crippen LogP contribution in [-0.4, -0.2) is 6.54 Å². The average molecular weight is 183 g/mol. The van der Waals surface area contributed by atoms with E-state index >= 15 is 0 Å². The predicted octanol–water partition coefficient (Wildman–Crippen LogP) is 2.31. The van der Waals surface area contributed by atoms with Crippen molar-refractivity contribution in [3.63, 3.8) is 0 Å². The monoisotopic (exact) mass is 183 g/mol. The van der Waals surface area contributed by atoms with Crippen LogP contribution in [0.3, 0.4) is 0 Å². The maximum Gasteiger partial charge on any atom is 0.163 e. The zero-order valence-electron chi connectivity index (χ0n) is 7.40. The van der Waals surface area contributed by atoms with Crippen molar-refractivity contribution in [1.29, 1.82) is 0 Å². The Bertz CT molecular complexity index is 332. The topological polar surface area (TPSA) is 12.0 Å². The molecule has 1 heterocycles. The van der Waals surface area contributed by atoms with E-state index in [9.17, 15) is 8.78 Å². The Labute approximate surface area is 75.8 Å². The molecule has 1 atom stereocenters. The van der Waals surface area contributed by atoms with Gasteiger partial charge in [0.05, 0.1) is 0 Å². The zero-order valence-corrected chi connectivity index (χ0v) is 7.40. The molecule has 70 valence electrons. The van der Waals surface area contributed by atoms with Gasteiger partial charge in [-0.05, 0) is 25.5 Å². The molecular formula is C10H11F2N. The van der Waals surface area contributed by atoms with Crippen LogP contribution in [0.2, 0.25) is 0 Å². The van der Waals surface area contributed by atoms with Gasteiger partial charge in [0.1, 0.15) is 0 Å². The van der Waals surface area contributed by atoms with Crippen LogP contribution in [0.5, 0.6) is 0 Å². The van der Waals surface area contributed by atoms with Crippen LogP contribution in [0.4, 0.5) is 8.78 Å². The molecule has 1 aromatic rings. The van der Waals surface area contributed by atoms with Crippen molar-refractivity contribution in [2.45, 2.75) is 19.4 Å². The van der Waals surface area contributed by atoms with Crippen molar-refractivity contribution in [2.75, 3.05) is 6.54 Å². The van der Waals surface area contributed by atoms with Gasteiger partial charge in [0.2, 0.25) is 0 Å². The molecule has 0 amide bonds. The summed E-state index contributed by atoms with van der Waals surface area (Å²) in [6.07, 6.45) is 0.888. The molecule has 2 rings (SSSR count). The van der Waals surface area contributed by atoms with Crippen LogP contribution >= 0.6 is 0 Å². The van der Waals surface area contributed by atoms with Crippen molar-refractivity contribution in [2.24, 2.45) is 0 Å². The highest BCUT2D eigenvalue weighted by Crippen LogP contribution is 2.27.